The molecule has 3 heterocycles. The highest BCUT2D eigenvalue weighted by atomic mass is 16.2. The number of rotatable bonds is 5. The number of likely N-dealkylation sites (tertiary alicyclic amines) is 2. The van der Waals surface area contributed by atoms with Gasteiger partial charge in [-0.2, -0.15) is 0 Å². The van der Waals surface area contributed by atoms with Crippen molar-refractivity contribution < 1.29 is 4.79 Å². The second-order valence-electron chi connectivity index (χ2n) is 7.79. The third-order valence-corrected chi connectivity index (χ3v) is 5.81. The van der Waals surface area contributed by atoms with Gasteiger partial charge in [0.25, 0.3) is 0 Å². The molecule has 142 valence electrons. The molecule has 1 aromatic carbocycles. The van der Waals surface area contributed by atoms with E-state index in [1.807, 2.05) is 6.07 Å². The Bertz CT molecular complexity index is 755. The Morgan fingerprint density at radius 2 is 1.74 bits per heavy atom. The molecule has 2 fully saturated rings. The van der Waals surface area contributed by atoms with Crippen molar-refractivity contribution in [1.82, 2.24) is 14.8 Å². The van der Waals surface area contributed by atoms with Crippen LogP contribution in [0.3, 0.4) is 0 Å². The molecule has 0 unspecified atom stereocenters. The van der Waals surface area contributed by atoms with Crippen LogP contribution in [-0.4, -0.2) is 46.9 Å². The summed E-state index contributed by atoms with van der Waals surface area (Å²) in [5, 5.41) is 0. The van der Waals surface area contributed by atoms with Crippen LogP contribution >= 0.6 is 0 Å². The minimum atomic E-state index is 0.273. The van der Waals surface area contributed by atoms with Crippen LogP contribution < -0.4 is 0 Å². The number of benzene rings is 1. The first-order valence-electron chi connectivity index (χ1n) is 10.3. The van der Waals surface area contributed by atoms with Crippen LogP contribution in [0, 0.1) is 0 Å². The summed E-state index contributed by atoms with van der Waals surface area (Å²) in [5.41, 5.74) is 3.51. The average molecular weight is 364 g/mol. The molecule has 4 nitrogen and oxygen atoms in total. The summed E-state index contributed by atoms with van der Waals surface area (Å²) in [6, 6.07) is 17.1. The van der Waals surface area contributed by atoms with E-state index in [4.69, 9.17) is 4.98 Å². The summed E-state index contributed by atoms with van der Waals surface area (Å²) >= 11 is 0. The number of carbonyl (C=O) groups is 1. The van der Waals surface area contributed by atoms with Crippen molar-refractivity contribution in [2.45, 2.75) is 44.6 Å². The molecule has 0 aliphatic carbocycles. The van der Waals surface area contributed by atoms with Crippen molar-refractivity contribution >= 4 is 5.91 Å². The van der Waals surface area contributed by atoms with Crippen molar-refractivity contribution in [3.8, 4) is 0 Å². The predicted octanol–water partition coefficient (Wildman–Crippen LogP) is 3.82. The molecule has 1 atom stereocenters. The monoisotopic (exact) mass is 363 g/mol. The van der Waals surface area contributed by atoms with Gasteiger partial charge in [0, 0.05) is 25.2 Å². The lowest BCUT2D eigenvalue weighted by Crippen LogP contribution is -2.42. The second kappa shape index (κ2) is 8.66. The summed E-state index contributed by atoms with van der Waals surface area (Å²) in [6.07, 6.45) is 6.65. The lowest BCUT2D eigenvalue weighted by Gasteiger charge is -2.30. The van der Waals surface area contributed by atoms with Crippen LogP contribution in [0.5, 0.6) is 0 Å². The van der Waals surface area contributed by atoms with Crippen molar-refractivity contribution in [2.24, 2.45) is 0 Å². The Morgan fingerprint density at radius 1 is 0.926 bits per heavy atom. The normalized spacial score (nSPS) is 20.7. The summed E-state index contributed by atoms with van der Waals surface area (Å²) in [7, 11) is 0. The minimum absolute atomic E-state index is 0.273. The Morgan fingerprint density at radius 3 is 2.56 bits per heavy atom. The fourth-order valence-electron chi connectivity index (χ4n) is 4.35. The maximum Gasteiger partial charge on any atom is 0.236 e. The largest absolute Gasteiger partial charge is 0.342 e. The van der Waals surface area contributed by atoms with Gasteiger partial charge in [0.1, 0.15) is 0 Å². The number of hydrogen-bond donors (Lipinski definition) is 0. The summed E-state index contributed by atoms with van der Waals surface area (Å²) in [6.45, 7) is 3.40. The standard InChI is InChI=1S/C23H29N3O/c27-23(25-14-5-2-6-15-25)18-26-16-8-13-22(26)21-12-7-11-20(24-21)17-19-9-3-1-4-10-19/h1,3-4,7,9-12,22H,2,5-6,8,13-18H2/t22-/m1/s1. The fraction of sp³-hybridized carbons (Fsp3) is 0.478. The van der Waals surface area contributed by atoms with Gasteiger partial charge in [0.15, 0.2) is 0 Å². The molecule has 2 saturated heterocycles. The summed E-state index contributed by atoms with van der Waals surface area (Å²) in [5.74, 6) is 0.294. The van der Waals surface area contributed by atoms with Crippen molar-refractivity contribution in [3.05, 3.63) is 65.5 Å². The minimum Gasteiger partial charge on any atom is -0.342 e. The van der Waals surface area contributed by atoms with Gasteiger partial charge in [0.2, 0.25) is 5.91 Å². The Labute approximate surface area is 162 Å². The van der Waals surface area contributed by atoms with E-state index in [0.717, 1.165) is 63.1 Å². The van der Waals surface area contributed by atoms with Crippen molar-refractivity contribution in [1.29, 1.82) is 0 Å². The van der Waals surface area contributed by atoms with E-state index < -0.39 is 0 Å². The van der Waals surface area contributed by atoms with Crippen molar-refractivity contribution in [3.63, 3.8) is 0 Å². The molecule has 1 aromatic heterocycles. The zero-order valence-electron chi connectivity index (χ0n) is 16.0. The van der Waals surface area contributed by atoms with Crippen molar-refractivity contribution in [2.75, 3.05) is 26.2 Å². The number of pyridine rings is 1. The molecule has 2 aromatic rings. The van der Waals surface area contributed by atoms with Gasteiger partial charge in [-0.15, -0.1) is 0 Å². The first-order chi connectivity index (χ1) is 13.3. The van der Waals surface area contributed by atoms with Gasteiger partial charge in [0.05, 0.1) is 18.3 Å². The highest BCUT2D eigenvalue weighted by Gasteiger charge is 2.30. The zero-order chi connectivity index (χ0) is 18.5. The highest BCUT2D eigenvalue weighted by Crippen LogP contribution is 2.31. The molecule has 0 N–H and O–H groups in total. The molecule has 4 rings (SSSR count). The van der Waals surface area contributed by atoms with E-state index in [0.29, 0.717) is 12.5 Å². The van der Waals surface area contributed by atoms with E-state index in [2.05, 4.69) is 52.3 Å². The lowest BCUT2D eigenvalue weighted by molar-refractivity contribution is -0.133. The number of hydrogen-bond acceptors (Lipinski definition) is 3. The topological polar surface area (TPSA) is 36.4 Å². The average Bonchev–Trinajstić information content (AvgIpc) is 3.18. The predicted molar refractivity (Wildman–Crippen MR) is 107 cm³/mol. The lowest BCUT2D eigenvalue weighted by atomic mass is 10.1. The molecule has 0 bridgehead atoms. The van der Waals surface area contributed by atoms with Gasteiger partial charge in [-0.05, 0) is 56.3 Å². The van der Waals surface area contributed by atoms with Crippen LogP contribution in [0.1, 0.15) is 55.1 Å². The first-order valence-corrected chi connectivity index (χ1v) is 10.3. The Hall–Kier alpha value is -2.20. The van der Waals surface area contributed by atoms with Gasteiger partial charge < -0.3 is 4.90 Å². The molecule has 27 heavy (non-hydrogen) atoms. The number of aromatic nitrogens is 1. The molecular weight excluding hydrogens is 334 g/mol. The molecule has 0 spiro atoms. The van der Waals surface area contributed by atoms with Crippen LogP contribution in [0.4, 0.5) is 0 Å². The summed E-state index contributed by atoms with van der Waals surface area (Å²) < 4.78 is 0. The molecule has 2 aliphatic rings. The van der Waals surface area contributed by atoms with Crippen LogP contribution in [0.2, 0.25) is 0 Å². The SMILES string of the molecule is O=C(CN1CCC[C@@H]1c1cccc(Cc2ccccc2)n1)N1CCCCC1. The quantitative estimate of drug-likeness (QED) is 0.810. The highest BCUT2D eigenvalue weighted by molar-refractivity contribution is 5.78. The molecule has 4 heteroatoms. The number of piperidine rings is 1. The third-order valence-electron chi connectivity index (χ3n) is 5.81. The van der Waals surface area contributed by atoms with Crippen LogP contribution in [0.15, 0.2) is 48.5 Å². The van der Waals surface area contributed by atoms with Crippen LogP contribution in [-0.2, 0) is 11.2 Å². The zero-order valence-corrected chi connectivity index (χ0v) is 16.0. The molecule has 2 aliphatic heterocycles. The molecule has 1 amide bonds. The van der Waals surface area contributed by atoms with E-state index in [1.54, 1.807) is 0 Å². The third kappa shape index (κ3) is 4.56. The van der Waals surface area contributed by atoms with Gasteiger partial charge >= 0.3 is 0 Å². The van der Waals surface area contributed by atoms with Gasteiger partial charge in [-0.1, -0.05) is 36.4 Å². The number of carbonyl (C=O) groups excluding carboxylic acids is 1. The molecule has 0 saturated carbocycles. The van der Waals surface area contributed by atoms with E-state index >= 15 is 0 Å². The Balaban J connectivity index is 1.43. The van der Waals surface area contributed by atoms with Crippen LogP contribution in [0.25, 0.3) is 0 Å². The number of amides is 1. The van der Waals surface area contributed by atoms with E-state index in [1.165, 1.54) is 12.0 Å². The van der Waals surface area contributed by atoms with E-state index in [9.17, 15) is 4.79 Å². The second-order valence-corrected chi connectivity index (χ2v) is 7.79. The smallest absolute Gasteiger partial charge is 0.236 e. The first kappa shape index (κ1) is 18.2. The Kier molecular flexibility index (Phi) is 5.83. The van der Waals surface area contributed by atoms with Gasteiger partial charge in [-0.25, -0.2) is 0 Å². The molecule has 0 radical (unpaired) electrons. The van der Waals surface area contributed by atoms with Gasteiger partial charge in [-0.3, -0.25) is 14.7 Å². The summed E-state index contributed by atoms with van der Waals surface area (Å²) in [4.78, 5) is 22.0. The maximum atomic E-state index is 12.7. The molecular formula is C23H29N3O. The maximum absolute atomic E-state index is 12.7. The fourth-order valence-corrected chi connectivity index (χ4v) is 4.35. The van der Waals surface area contributed by atoms with E-state index in [-0.39, 0.29) is 6.04 Å². The number of nitrogens with zero attached hydrogens (tertiary/aromatic N) is 3.